The summed E-state index contributed by atoms with van der Waals surface area (Å²) in [6.07, 6.45) is 5.48. The summed E-state index contributed by atoms with van der Waals surface area (Å²) in [5, 5.41) is 0.378. The molecule has 1 atom stereocenters. The van der Waals surface area contributed by atoms with Crippen LogP contribution < -0.4 is 5.56 Å². The van der Waals surface area contributed by atoms with Gasteiger partial charge in [0.1, 0.15) is 5.56 Å². The Morgan fingerprint density at radius 3 is 3.06 bits per heavy atom. The second-order valence-electron chi connectivity index (χ2n) is 4.62. The summed E-state index contributed by atoms with van der Waals surface area (Å²) in [6, 6.07) is 1.69. The van der Waals surface area contributed by atoms with Gasteiger partial charge in [-0.2, -0.15) is 0 Å². The van der Waals surface area contributed by atoms with Crippen molar-refractivity contribution in [1.82, 2.24) is 9.88 Å². The lowest BCUT2D eigenvalue weighted by molar-refractivity contribution is 0.0606. The molecule has 0 bridgehead atoms. The Labute approximate surface area is 111 Å². The first-order chi connectivity index (χ1) is 8.63. The summed E-state index contributed by atoms with van der Waals surface area (Å²) in [4.78, 5) is 28.4. The summed E-state index contributed by atoms with van der Waals surface area (Å²) in [6.45, 7) is 2.79. The number of nitrogens with zero attached hydrogens (tertiary/aromatic N) is 1. The Bertz CT molecular complexity index is 498. The Kier molecular flexibility index (Phi) is 4.07. The van der Waals surface area contributed by atoms with Crippen molar-refractivity contribution in [2.75, 3.05) is 6.54 Å². The van der Waals surface area contributed by atoms with Crippen LogP contribution in [0.4, 0.5) is 0 Å². The first-order valence-electron chi connectivity index (χ1n) is 6.32. The van der Waals surface area contributed by atoms with Gasteiger partial charge >= 0.3 is 0 Å². The van der Waals surface area contributed by atoms with Crippen LogP contribution in [0.1, 0.15) is 43.0 Å². The van der Waals surface area contributed by atoms with Crippen LogP contribution in [-0.2, 0) is 0 Å². The van der Waals surface area contributed by atoms with Gasteiger partial charge in [0.25, 0.3) is 11.5 Å². The van der Waals surface area contributed by atoms with E-state index >= 15 is 0 Å². The van der Waals surface area contributed by atoms with Gasteiger partial charge < -0.3 is 9.88 Å². The van der Waals surface area contributed by atoms with Crippen LogP contribution in [0.2, 0.25) is 5.02 Å². The van der Waals surface area contributed by atoms with E-state index in [1.807, 2.05) is 4.90 Å². The van der Waals surface area contributed by atoms with E-state index in [9.17, 15) is 9.59 Å². The number of likely N-dealkylation sites (tertiary alicyclic amines) is 1. The Hall–Kier alpha value is -1.29. The molecule has 0 aromatic carbocycles. The average Bonchev–Trinajstić information content (AvgIpc) is 2.40. The number of aromatic nitrogens is 1. The third-order valence-corrected chi connectivity index (χ3v) is 3.68. The Morgan fingerprint density at radius 1 is 1.56 bits per heavy atom. The van der Waals surface area contributed by atoms with Crippen LogP contribution in [0.3, 0.4) is 0 Å². The molecule has 1 aromatic heterocycles. The number of carbonyl (C=O) groups is 1. The number of piperidine rings is 1. The van der Waals surface area contributed by atoms with Crippen LogP contribution in [0.25, 0.3) is 0 Å². The number of amides is 1. The smallest absolute Gasteiger partial charge is 0.260 e. The number of hydrogen-bond donors (Lipinski definition) is 1. The lowest BCUT2D eigenvalue weighted by Crippen LogP contribution is -2.45. The van der Waals surface area contributed by atoms with Gasteiger partial charge in [0.15, 0.2) is 0 Å². The summed E-state index contributed by atoms with van der Waals surface area (Å²) < 4.78 is 0. The van der Waals surface area contributed by atoms with E-state index < -0.39 is 0 Å². The minimum Gasteiger partial charge on any atom is -0.336 e. The molecule has 4 nitrogen and oxygen atoms in total. The number of aromatic amines is 1. The highest BCUT2D eigenvalue weighted by molar-refractivity contribution is 6.30. The molecular weight excluding hydrogens is 252 g/mol. The van der Waals surface area contributed by atoms with Crippen LogP contribution in [0, 0.1) is 0 Å². The van der Waals surface area contributed by atoms with Crippen molar-refractivity contribution in [3.05, 3.63) is 33.2 Å². The fourth-order valence-corrected chi connectivity index (χ4v) is 2.63. The molecular formula is C13H17ClN2O2. The van der Waals surface area contributed by atoms with Crippen molar-refractivity contribution in [3.63, 3.8) is 0 Å². The molecule has 2 heterocycles. The van der Waals surface area contributed by atoms with Crippen LogP contribution in [-0.4, -0.2) is 28.4 Å². The first-order valence-corrected chi connectivity index (χ1v) is 6.70. The third-order valence-electron chi connectivity index (χ3n) is 3.46. The molecule has 0 aliphatic carbocycles. The zero-order chi connectivity index (χ0) is 13.1. The van der Waals surface area contributed by atoms with Crippen LogP contribution in [0.15, 0.2) is 17.1 Å². The number of halogens is 1. The van der Waals surface area contributed by atoms with E-state index in [4.69, 9.17) is 11.6 Å². The van der Waals surface area contributed by atoms with Gasteiger partial charge in [-0.1, -0.05) is 18.5 Å². The number of hydrogen-bond acceptors (Lipinski definition) is 2. The number of rotatable bonds is 2. The first kappa shape index (κ1) is 13.1. The minimum atomic E-state index is -0.371. The highest BCUT2D eigenvalue weighted by Gasteiger charge is 2.27. The molecule has 0 radical (unpaired) electrons. The van der Waals surface area contributed by atoms with E-state index in [-0.39, 0.29) is 23.1 Å². The van der Waals surface area contributed by atoms with E-state index in [1.165, 1.54) is 12.3 Å². The minimum absolute atomic E-state index is 0.142. The van der Waals surface area contributed by atoms with Gasteiger partial charge in [0.2, 0.25) is 0 Å². The summed E-state index contributed by atoms with van der Waals surface area (Å²) in [7, 11) is 0. The molecule has 1 fully saturated rings. The lowest BCUT2D eigenvalue weighted by Gasteiger charge is -2.35. The molecule has 1 amide bonds. The van der Waals surface area contributed by atoms with Crippen LogP contribution in [0.5, 0.6) is 0 Å². The third kappa shape index (κ3) is 2.58. The Morgan fingerprint density at radius 2 is 2.33 bits per heavy atom. The van der Waals surface area contributed by atoms with Gasteiger partial charge in [-0.05, 0) is 31.7 Å². The molecule has 0 saturated carbocycles. The summed E-state index contributed by atoms with van der Waals surface area (Å²) >= 11 is 5.83. The molecule has 1 unspecified atom stereocenters. The topological polar surface area (TPSA) is 53.2 Å². The molecule has 98 valence electrons. The van der Waals surface area contributed by atoms with Gasteiger partial charge in [0.05, 0.1) is 5.02 Å². The van der Waals surface area contributed by atoms with E-state index in [2.05, 4.69) is 11.9 Å². The van der Waals surface area contributed by atoms with Gasteiger partial charge in [0, 0.05) is 18.8 Å². The lowest BCUT2D eigenvalue weighted by atomic mass is 9.99. The predicted octanol–water partition coefficient (Wildman–Crippen LogP) is 2.43. The number of nitrogens with one attached hydrogen (secondary N) is 1. The van der Waals surface area contributed by atoms with Crippen molar-refractivity contribution < 1.29 is 4.79 Å². The quantitative estimate of drug-likeness (QED) is 0.896. The van der Waals surface area contributed by atoms with Gasteiger partial charge in [-0.3, -0.25) is 9.59 Å². The maximum atomic E-state index is 12.4. The number of pyridine rings is 1. The normalized spacial score (nSPS) is 19.9. The second kappa shape index (κ2) is 5.57. The number of H-pyrrole nitrogens is 1. The highest BCUT2D eigenvalue weighted by Crippen LogP contribution is 2.21. The SMILES string of the molecule is CCC1CCCCN1C(=O)c1cc(Cl)c[nH]c1=O. The fourth-order valence-electron chi connectivity index (χ4n) is 2.46. The second-order valence-corrected chi connectivity index (χ2v) is 5.05. The van der Waals surface area contributed by atoms with Crippen LogP contribution >= 0.6 is 11.6 Å². The Balaban J connectivity index is 2.29. The fraction of sp³-hybridized carbons (Fsp3) is 0.538. The molecule has 1 aliphatic rings. The van der Waals surface area contributed by atoms with Gasteiger partial charge in [-0.15, -0.1) is 0 Å². The van der Waals surface area contributed by atoms with E-state index in [0.717, 1.165) is 32.2 Å². The molecule has 1 aromatic rings. The molecule has 2 rings (SSSR count). The molecule has 18 heavy (non-hydrogen) atoms. The maximum absolute atomic E-state index is 12.4. The van der Waals surface area contributed by atoms with Gasteiger partial charge in [-0.25, -0.2) is 0 Å². The van der Waals surface area contributed by atoms with E-state index in [0.29, 0.717) is 5.02 Å². The molecule has 1 N–H and O–H groups in total. The largest absolute Gasteiger partial charge is 0.336 e. The van der Waals surface area contributed by atoms with Crippen molar-refractivity contribution >= 4 is 17.5 Å². The zero-order valence-corrected chi connectivity index (χ0v) is 11.2. The predicted molar refractivity (Wildman–Crippen MR) is 71.0 cm³/mol. The standard InChI is InChI=1S/C13H17ClN2O2/c1-2-10-5-3-4-6-16(10)13(18)11-7-9(14)8-15-12(11)17/h7-8,10H,2-6H2,1H3,(H,15,17). The summed E-state index contributed by atoms with van der Waals surface area (Å²) in [5.41, 5.74) is -0.229. The molecule has 1 aliphatic heterocycles. The van der Waals surface area contributed by atoms with Crippen molar-refractivity contribution in [3.8, 4) is 0 Å². The zero-order valence-electron chi connectivity index (χ0n) is 10.4. The van der Waals surface area contributed by atoms with Crippen molar-refractivity contribution in [2.45, 2.75) is 38.6 Å². The highest BCUT2D eigenvalue weighted by atomic mass is 35.5. The van der Waals surface area contributed by atoms with E-state index in [1.54, 1.807) is 0 Å². The molecule has 0 spiro atoms. The molecule has 5 heteroatoms. The monoisotopic (exact) mass is 268 g/mol. The summed E-state index contributed by atoms with van der Waals surface area (Å²) in [5.74, 6) is -0.203. The van der Waals surface area contributed by atoms with Crippen molar-refractivity contribution in [2.24, 2.45) is 0 Å². The number of carbonyl (C=O) groups excluding carboxylic acids is 1. The average molecular weight is 269 g/mol. The molecule has 1 saturated heterocycles. The van der Waals surface area contributed by atoms with Crippen molar-refractivity contribution in [1.29, 1.82) is 0 Å². The maximum Gasteiger partial charge on any atom is 0.260 e.